The summed E-state index contributed by atoms with van der Waals surface area (Å²) in [6, 6.07) is 18.2. The van der Waals surface area contributed by atoms with Gasteiger partial charge in [-0.3, -0.25) is 4.79 Å². The lowest BCUT2D eigenvalue weighted by molar-refractivity contribution is 0.0697. The number of nitrogens with zero attached hydrogens (tertiary/aromatic N) is 1. The molecule has 0 bridgehead atoms. The number of halogens is 1. The molecule has 0 fully saturated rings. The van der Waals surface area contributed by atoms with Crippen molar-refractivity contribution in [2.24, 2.45) is 0 Å². The van der Waals surface area contributed by atoms with E-state index in [0.717, 1.165) is 5.56 Å². The number of carbonyl (C=O) groups excluding carboxylic acids is 1. The zero-order valence-corrected chi connectivity index (χ0v) is 15.1. The van der Waals surface area contributed by atoms with Gasteiger partial charge in [0.15, 0.2) is 5.76 Å². The second-order valence-corrected chi connectivity index (χ2v) is 6.52. The third kappa shape index (κ3) is 3.45. The third-order valence-corrected chi connectivity index (χ3v) is 4.49. The fourth-order valence-electron chi connectivity index (χ4n) is 2.79. The molecule has 0 spiro atoms. The van der Waals surface area contributed by atoms with Crippen LogP contribution < -0.4 is 5.32 Å². The number of rotatable bonds is 4. The first kappa shape index (κ1) is 17.8. The predicted octanol–water partition coefficient (Wildman–Crippen LogP) is 5.10. The van der Waals surface area contributed by atoms with Gasteiger partial charge in [0.05, 0.1) is 10.9 Å². The number of amides is 1. The minimum Gasteiger partial charge on any atom is -0.478 e. The molecule has 6 nitrogen and oxygen atoms in total. The fourth-order valence-corrected chi connectivity index (χ4v) is 2.92. The first-order valence-corrected chi connectivity index (χ1v) is 8.69. The quantitative estimate of drug-likeness (QED) is 0.504. The zero-order valence-electron chi connectivity index (χ0n) is 14.3. The van der Waals surface area contributed by atoms with E-state index in [-0.39, 0.29) is 11.5 Å². The SMILES string of the molecule is O=C(O)c1ccc2noc(-c3ccc(NC(=O)c4ccc(Cl)cc4)cc3)c2c1. The molecule has 0 unspecified atom stereocenters. The maximum absolute atomic E-state index is 12.3. The number of carboxylic acid groups (broad SMARTS) is 1. The van der Waals surface area contributed by atoms with Gasteiger partial charge in [-0.1, -0.05) is 16.8 Å². The summed E-state index contributed by atoms with van der Waals surface area (Å²) in [7, 11) is 0. The maximum Gasteiger partial charge on any atom is 0.335 e. The Kier molecular flexibility index (Phi) is 4.55. The van der Waals surface area contributed by atoms with Gasteiger partial charge in [0.25, 0.3) is 5.91 Å². The van der Waals surface area contributed by atoms with Crippen LogP contribution in [0.5, 0.6) is 0 Å². The summed E-state index contributed by atoms with van der Waals surface area (Å²) < 4.78 is 5.39. The first-order chi connectivity index (χ1) is 13.5. The molecule has 4 rings (SSSR count). The summed E-state index contributed by atoms with van der Waals surface area (Å²) in [5.41, 5.74) is 2.55. The molecule has 4 aromatic rings. The fraction of sp³-hybridized carbons (Fsp3) is 0. The highest BCUT2D eigenvalue weighted by atomic mass is 35.5. The van der Waals surface area contributed by atoms with Gasteiger partial charge in [0.1, 0.15) is 5.52 Å². The van der Waals surface area contributed by atoms with Gasteiger partial charge in [-0.15, -0.1) is 0 Å². The first-order valence-electron chi connectivity index (χ1n) is 8.31. The smallest absolute Gasteiger partial charge is 0.335 e. The third-order valence-electron chi connectivity index (χ3n) is 4.23. The Morgan fingerprint density at radius 1 is 0.929 bits per heavy atom. The van der Waals surface area contributed by atoms with Crippen LogP contribution in [-0.4, -0.2) is 22.1 Å². The lowest BCUT2D eigenvalue weighted by atomic mass is 10.1. The molecule has 138 valence electrons. The number of hydrogen-bond donors (Lipinski definition) is 2. The summed E-state index contributed by atoms with van der Waals surface area (Å²) in [4.78, 5) is 23.5. The lowest BCUT2D eigenvalue weighted by Crippen LogP contribution is -2.11. The molecule has 7 heteroatoms. The number of aromatic carboxylic acids is 1. The molecule has 0 aliphatic heterocycles. The Morgan fingerprint density at radius 3 is 2.29 bits per heavy atom. The van der Waals surface area contributed by atoms with E-state index in [0.29, 0.717) is 32.9 Å². The summed E-state index contributed by atoms with van der Waals surface area (Å²) in [6.45, 7) is 0. The van der Waals surface area contributed by atoms with Gasteiger partial charge in [-0.05, 0) is 66.7 Å². The van der Waals surface area contributed by atoms with Crippen LogP contribution in [0.25, 0.3) is 22.2 Å². The Balaban J connectivity index is 1.59. The van der Waals surface area contributed by atoms with Gasteiger partial charge in [0.2, 0.25) is 0 Å². The van der Waals surface area contributed by atoms with Crippen molar-refractivity contribution in [2.45, 2.75) is 0 Å². The van der Waals surface area contributed by atoms with Crippen molar-refractivity contribution < 1.29 is 19.2 Å². The minimum absolute atomic E-state index is 0.156. The Morgan fingerprint density at radius 2 is 1.61 bits per heavy atom. The van der Waals surface area contributed by atoms with Gasteiger partial charge in [-0.2, -0.15) is 0 Å². The van der Waals surface area contributed by atoms with Crippen molar-refractivity contribution in [1.82, 2.24) is 5.16 Å². The molecular formula is C21H13ClN2O4. The average Bonchev–Trinajstić information content (AvgIpc) is 3.12. The largest absolute Gasteiger partial charge is 0.478 e. The van der Waals surface area contributed by atoms with Gasteiger partial charge in [-0.25, -0.2) is 4.79 Å². The second-order valence-electron chi connectivity index (χ2n) is 6.09. The number of anilines is 1. The van der Waals surface area contributed by atoms with Crippen LogP contribution in [0.2, 0.25) is 5.02 Å². The van der Waals surface area contributed by atoms with Crippen LogP contribution >= 0.6 is 11.6 Å². The van der Waals surface area contributed by atoms with Gasteiger partial charge < -0.3 is 14.9 Å². The van der Waals surface area contributed by atoms with Crippen molar-refractivity contribution in [1.29, 1.82) is 0 Å². The van der Waals surface area contributed by atoms with E-state index in [9.17, 15) is 14.7 Å². The molecule has 0 radical (unpaired) electrons. The molecule has 0 saturated heterocycles. The van der Waals surface area contributed by atoms with Crippen LogP contribution in [0, 0.1) is 0 Å². The zero-order chi connectivity index (χ0) is 19.7. The Hall–Kier alpha value is -3.64. The highest BCUT2D eigenvalue weighted by Crippen LogP contribution is 2.30. The summed E-state index contributed by atoms with van der Waals surface area (Å²) in [6.07, 6.45) is 0. The van der Waals surface area contributed by atoms with Crippen LogP contribution in [0.3, 0.4) is 0 Å². The summed E-state index contributed by atoms with van der Waals surface area (Å²) in [5, 5.41) is 17.1. The van der Waals surface area contributed by atoms with Gasteiger partial charge >= 0.3 is 5.97 Å². The summed E-state index contributed by atoms with van der Waals surface area (Å²) >= 11 is 5.83. The molecular weight excluding hydrogens is 380 g/mol. The van der Waals surface area contributed by atoms with Crippen molar-refractivity contribution in [3.8, 4) is 11.3 Å². The number of carboxylic acids is 1. The molecule has 1 amide bonds. The van der Waals surface area contributed by atoms with E-state index in [1.807, 2.05) is 0 Å². The predicted molar refractivity (Wildman–Crippen MR) is 106 cm³/mol. The van der Waals surface area contributed by atoms with Crippen molar-refractivity contribution in [3.05, 3.63) is 82.9 Å². The monoisotopic (exact) mass is 392 g/mol. The second kappa shape index (κ2) is 7.17. The van der Waals surface area contributed by atoms with E-state index < -0.39 is 5.97 Å². The highest BCUT2D eigenvalue weighted by Gasteiger charge is 2.14. The molecule has 0 atom stereocenters. The topological polar surface area (TPSA) is 92.4 Å². The molecule has 2 N–H and O–H groups in total. The normalized spacial score (nSPS) is 10.8. The molecule has 0 saturated carbocycles. The average molecular weight is 393 g/mol. The number of fused-ring (bicyclic) bond motifs is 1. The van der Waals surface area contributed by atoms with Crippen molar-refractivity contribution >= 4 is 40.1 Å². The van der Waals surface area contributed by atoms with Crippen LogP contribution in [0.1, 0.15) is 20.7 Å². The molecule has 0 aliphatic rings. The van der Waals surface area contributed by atoms with E-state index >= 15 is 0 Å². The number of benzene rings is 3. The minimum atomic E-state index is -1.02. The number of carbonyl (C=O) groups is 2. The van der Waals surface area contributed by atoms with Crippen molar-refractivity contribution in [2.75, 3.05) is 5.32 Å². The van der Waals surface area contributed by atoms with Crippen LogP contribution in [0.15, 0.2) is 71.3 Å². The van der Waals surface area contributed by atoms with E-state index in [1.165, 1.54) is 12.1 Å². The van der Waals surface area contributed by atoms with E-state index in [1.54, 1.807) is 54.6 Å². The molecule has 1 aromatic heterocycles. The maximum atomic E-state index is 12.3. The van der Waals surface area contributed by atoms with Crippen molar-refractivity contribution in [3.63, 3.8) is 0 Å². The number of hydrogen-bond acceptors (Lipinski definition) is 4. The molecule has 28 heavy (non-hydrogen) atoms. The lowest BCUT2D eigenvalue weighted by Gasteiger charge is -2.06. The number of aromatic nitrogens is 1. The molecule has 1 heterocycles. The Bertz CT molecular complexity index is 1180. The summed E-state index contributed by atoms with van der Waals surface area (Å²) in [5.74, 6) is -0.802. The number of nitrogens with one attached hydrogen (secondary N) is 1. The molecule has 3 aromatic carbocycles. The Labute approximate surface area is 164 Å². The van der Waals surface area contributed by atoms with Crippen LogP contribution in [-0.2, 0) is 0 Å². The van der Waals surface area contributed by atoms with Crippen LogP contribution in [0.4, 0.5) is 5.69 Å². The van der Waals surface area contributed by atoms with Gasteiger partial charge in [0, 0.05) is 21.8 Å². The van der Waals surface area contributed by atoms with E-state index in [2.05, 4.69) is 10.5 Å². The standard InChI is InChI=1S/C21H13ClN2O4/c22-15-6-1-13(2-7-15)20(25)23-16-8-3-12(4-9-16)19-17-11-14(21(26)27)5-10-18(17)24-28-19/h1-11H,(H,23,25)(H,26,27). The molecule has 0 aliphatic carbocycles. The van der Waals surface area contributed by atoms with E-state index in [4.69, 9.17) is 16.1 Å². The highest BCUT2D eigenvalue weighted by molar-refractivity contribution is 6.30.